The minimum atomic E-state index is 0.781. The van der Waals surface area contributed by atoms with Crippen LogP contribution in [0.1, 0.15) is 19.4 Å². The summed E-state index contributed by atoms with van der Waals surface area (Å²) in [7, 11) is 0. The number of hydrogen-bond acceptors (Lipinski definition) is 2. The van der Waals surface area contributed by atoms with E-state index in [-0.39, 0.29) is 0 Å². The molecule has 0 atom stereocenters. The maximum atomic E-state index is 5.83. The highest BCUT2D eigenvalue weighted by Gasteiger charge is 1.98. The third-order valence-electron chi connectivity index (χ3n) is 2.89. The van der Waals surface area contributed by atoms with Gasteiger partial charge in [0.15, 0.2) is 0 Å². The Bertz CT molecular complexity index is 296. The van der Waals surface area contributed by atoms with E-state index in [4.69, 9.17) is 16.3 Å². The number of likely N-dealkylation sites (N-methyl/N-ethyl adjacent to an activating group) is 1. The fourth-order valence-electron chi connectivity index (χ4n) is 1.68. The Hall–Kier alpha value is -0.570. The topological polar surface area (TPSA) is 12.5 Å². The largest absolute Gasteiger partial charge is 0.380 e. The molecule has 0 saturated carbocycles. The number of rotatable bonds is 8. The first-order valence-electron chi connectivity index (χ1n) is 6.30. The average molecular weight is 256 g/mol. The van der Waals surface area contributed by atoms with E-state index in [1.54, 1.807) is 0 Å². The highest BCUT2D eigenvalue weighted by Crippen LogP contribution is 2.09. The molecule has 0 aromatic heterocycles. The predicted molar refractivity (Wildman–Crippen MR) is 73.8 cm³/mol. The van der Waals surface area contributed by atoms with Gasteiger partial charge in [0.2, 0.25) is 0 Å². The highest BCUT2D eigenvalue weighted by atomic mass is 35.5. The van der Waals surface area contributed by atoms with Gasteiger partial charge in [-0.15, -0.1) is 0 Å². The van der Waals surface area contributed by atoms with E-state index in [9.17, 15) is 0 Å². The van der Waals surface area contributed by atoms with Gasteiger partial charge in [0.05, 0.1) is 13.2 Å². The van der Waals surface area contributed by atoms with Crippen LogP contribution in [-0.4, -0.2) is 37.7 Å². The molecule has 0 amide bonds. The maximum absolute atomic E-state index is 5.83. The van der Waals surface area contributed by atoms with Crippen molar-refractivity contribution in [3.05, 3.63) is 34.9 Å². The predicted octanol–water partition coefficient (Wildman–Crippen LogP) is 3.24. The van der Waals surface area contributed by atoms with Crippen molar-refractivity contribution in [2.24, 2.45) is 0 Å². The minimum absolute atomic E-state index is 0.781. The standard InChI is InChI=1S/C14H22ClNO/c1-3-16(4-2)10-12-17-11-9-13-5-7-14(15)8-6-13/h5-8H,3-4,9-12H2,1-2H3. The summed E-state index contributed by atoms with van der Waals surface area (Å²) in [6.07, 6.45) is 0.954. The summed E-state index contributed by atoms with van der Waals surface area (Å²) in [5.74, 6) is 0. The van der Waals surface area contributed by atoms with Crippen LogP contribution >= 0.6 is 11.6 Å². The molecular weight excluding hydrogens is 234 g/mol. The second kappa shape index (κ2) is 8.51. The van der Waals surface area contributed by atoms with Gasteiger partial charge in [-0.05, 0) is 37.2 Å². The first-order valence-corrected chi connectivity index (χ1v) is 6.68. The van der Waals surface area contributed by atoms with Crippen LogP contribution in [-0.2, 0) is 11.2 Å². The third-order valence-corrected chi connectivity index (χ3v) is 3.15. The zero-order chi connectivity index (χ0) is 12.5. The molecule has 0 N–H and O–H groups in total. The third kappa shape index (κ3) is 6.06. The van der Waals surface area contributed by atoms with Gasteiger partial charge in [-0.25, -0.2) is 0 Å². The summed E-state index contributed by atoms with van der Waals surface area (Å²) in [5, 5.41) is 0.788. The van der Waals surface area contributed by atoms with Gasteiger partial charge in [0, 0.05) is 11.6 Å². The molecule has 0 fully saturated rings. The quantitative estimate of drug-likeness (QED) is 0.662. The number of hydrogen-bond donors (Lipinski definition) is 0. The molecule has 1 aromatic rings. The Balaban J connectivity index is 2.10. The number of halogens is 1. The first-order chi connectivity index (χ1) is 8.26. The molecule has 1 aromatic carbocycles. The molecule has 3 heteroatoms. The normalized spacial score (nSPS) is 11.1. The van der Waals surface area contributed by atoms with Gasteiger partial charge in [0.25, 0.3) is 0 Å². The lowest BCUT2D eigenvalue weighted by atomic mass is 10.2. The van der Waals surface area contributed by atoms with Crippen LogP contribution in [0.5, 0.6) is 0 Å². The van der Waals surface area contributed by atoms with Gasteiger partial charge in [-0.3, -0.25) is 0 Å². The summed E-state index contributed by atoms with van der Waals surface area (Å²) in [4.78, 5) is 2.36. The molecule has 0 spiro atoms. The monoisotopic (exact) mass is 255 g/mol. The van der Waals surface area contributed by atoms with Crippen molar-refractivity contribution in [3.8, 4) is 0 Å². The Labute approximate surface area is 110 Å². The molecule has 1 rings (SSSR count). The molecule has 0 bridgehead atoms. The Kier molecular flexibility index (Phi) is 7.25. The Morgan fingerprint density at radius 2 is 1.71 bits per heavy atom. The summed E-state index contributed by atoms with van der Waals surface area (Å²) in [6, 6.07) is 7.95. The highest BCUT2D eigenvalue weighted by molar-refractivity contribution is 6.30. The minimum Gasteiger partial charge on any atom is -0.380 e. The lowest BCUT2D eigenvalue weighted by Gasteiger charge is -2.17. The van der Waals surface area contributed by atoms with Crippen LogP contribution in [0.4, 0.5) is 0 Å². The summed E-state index contributed by atoms with van der Waals surface area (Å²) >= 11 is 5.83. The van der Waals surface area contributed by atoms with Crippen molar-refractivity contribution >= 4 is 11.6 Å². The number of ether oxygens (including phenoxy) is 1. The lowest BCUT2D eigenvalue weighted by molar-refractivity contribution is 0.109. The molecule has 0 aliphatic heterocycles. The summed E-state index contributed by atoms with van der Waals surface area (Å²) in [6.45, 7) is 9.16. The number of benzene rings is 1. The van der Waals surface area contributed by atoms with Crippen LogP contribution < -0.4 is 0 Å². The van der Waals surface area contributed by atoms with Gasteiger partial charge in [-0.2, -0.15) is 0 Å². The summed E-state index contributed by atoms with van der Waals surface area (Å²) in [5.41, 5.74) is 1.28. The van der Waals surface area contributed by atoms with Crippen molar-refractivity contribution in [3.63, 3.8) is 0 Å². The molecule has 17 heavy (non-hydrogen) atoms. The zero-order valence-corrected chi connectivity index (χ0v) is 11.5. The molecule has 2 nitrogen and oxygen atoms in total. The average Bonchev–Trinajstić information content (AvgIpc) is 2.36. The van der Waals surface area contributed by atoms with Crippen LogP contribution in [0.25, 0.3) is 0 Å². The van der Waals surface area contributed by atoms with Crippen LogP contribution in [0, 0.1) is 0 Å². The molecule has 0 aliphatic carbocycles. The molecule has 0 saturated heterocycles. The van der Waals surface area contributed by atoms with Crippen molar-refractivity contribution in [1.29, 1.82) is 0 Å². The van der Waals surface area contributed by atoms with E-state index in [0.29, 0.717) is 0 Å². The van der Waals surface area contributed by atoms with E-state index >= 15 is 0 Å². The van der Waals surface area contributed by atoms with Crippen molar-refractivity contribution < 1.29 is 4.74 Å². The molecule has 0 radical (unpaired) electrons. The fourth-order valence-corrected chi connectivity index (χ4v) is 1.80. The van der Waals surface area contributed by atoms with Crippen LogP contribution in [0.15, 0.2) is 24.3 Å². The Morgan fingerprint density at radius 1 is 1.06 bits per heavy atom. The Morgan fingerprint density at radius 3 is 2.29 bits per heavy atom. The van der Waals surface area contributed by atoms with Gasteiger partial charge >= 0.3 is 0 Å². The maximum Gasteiger partial charge on any atom is 0.0593 e. The second-order valence-corrected chi connectivity index (χ2v) is 4.45. The molecule has 0 aliphatic rings. The molecule has 96 valence electrons. The second-order valence-electron chi connectivity index (χ2n) is 4.02. The SMILES string of the molecule is CCN(CC)CCOCCc1ccc(Cl)cc1. The van der Waals surface area contributed by atoms with Crippen molar-refractivity contribution in [1.82, 2.24) is 4.90 Å². The first kappa shape index (κ1) is 14.5. The molecular formula is C14H22ClNO. The lowest BCUT2D eigenvalue weighted by Crippen LogP contribution is -2.27. The van der Waals surface area contributed by atoms with Crippen LogP contribution in [0.2, 0.25) is 5.02 Å². The fraction of sp³-hybridized carbons (Fsp3) is 0.571. The van der Waals surface area contributed by atoms with Gasteiger partial charge < -0.3 is 9.64 Å². The summed E-state index contributed by atoms with van der Waals surface area (Å²) < 4.78 is 5.63. The van der Waals surface area contributed by atoms with Gasteiger partial charge in [-0.1, -0.05) is 37.6 Å². The van der Waals surface area contributed by atoms with E-state index in [1.807, 2.05) is 12.1 Å². The van der Waals surface area contributed by atoms with Crippen LogP contribution in [0.3, 0.4) is 0 Å². The van der Waals surface area contributed by atoms with E-state index < -0.39 is 0 Å². The van der Waals surface area contributed by atoms with E-state index in [1.165, 1.54) is 5.56 Å². The zero-order valence-electron chi connectivity index (χ0n) is 10.8. The van der Waals surface area contributed by atoms with Gasteiger partial charge in [0.1, 0.15) is 0 Å². The van der Waals surface area contributed by atoms with Crippen molar-refractivity contribution in [2.45, 2.75) is 20.3 Å². The van der Waals surface area contributed by atoms with E-state index in [2.05, 4.69) is 30.9 Å². The number of nitrogens with zero attached hydrogens (tertiary/aromatic N) is 1. The van der Waals surface area contributed by atoms with E-state index in [0.717, 1.165) is 44.3 Å². The van der Waals surface area contributed by atoms with Crippen molar-refractivity contribution in [2.75, 3.05) is 32.8 Å². The smallest absolute Gasteiger partial charge is 0.0593 e. The molecule has 0 unspecified atom stereocenters. The molecule has 0 heterocycles.